The highest BCUT2D eigenvalue weighted by atomic mass is 19.1. The van der Waals surface area contributed by atoms with Crippen LogP contribution in [0.25, 0.3) is 5.57 Å². The number of nitriles is 1. The molecule has 8 nitrogen and oxygen atoms in total. The molecular formula is C12H10FN7O. The number of carbonyl (C=O) groups is 1. The molecular weight excluding hydrogens is 277 g/mol. The van der Waals surface area contributed by atoms with Crippen LogP contribution >= 0.6 is 0 Å². The van der Waals surface area contributed by atoms with Gasteiger partial charge in [0.05, 0.1) is 11.3 Å². The molecule has 2 aromatic rings. The van der Waals surface area contributed by atoms with Crippen molar-refractivity contribution in [1.82, 2.24) is 25.9 Å². The van der Waals surface area contributed by atoms with Gasteiger partial charge in [0.2, 0.25) is 5.82 Å². The molecule has 1 aromatic heterocycles. The minimum atomic E-state index is -0.540. The summed E-state index contributed by atoms with van der Waals surface area (Å²) in [5.41, 5.74) is 0.557. The molecule has 0 saturated heterocycles. The van der Waals surface area contributed by atoms with E-state index in [1.54, 1.807) is 0 Å². The van der Waals surface area contributed by atoms with Crippen LogP contribution in [0.4, 0.5) is 10.1 Å². The molecule has 0 aliphatic carbocycles. The summed E-state index contributed by atoms with van der Waals surface area (Å²) in [4.78, 5) is 11.7. The van der Waals surface area contributed by atoms with Crippen LogP contribution < -0.4 is 10.6 Å². The van der Waals surface area contributed by atoms with Gasteiger partial charge in [-0.05, 0) is 23.4 Å². The number of tetrazole rings is 1. The predicted octanol–water partition coefficient (Wildman–Crippen LogP) is 0.675. The van der Waals surface area contributed by atoms with Gasteiger partial charge in [-0.2, -0.15) is 10.5 Å². The van der Waals surface area contributed by atoms with Gasteiger partial charge in [0.25, 0.3) is 5.91 Å². The van der Waals surface area contributed by atoms with E-state index in [0.29, 0.717) is 5.69 Å². The largest absolute Gasteiger partial charge is 0.360 e. The number of H-pyrrole nitrogens is 1. The monoisotopic (exact) mass is 287 g/mol. The molecule has 0 aliphatic heterocycles. The number of nitrogens with one attached hydrogen (secondary N) is 3. The van der Waals surface area contributed by atoms with E-state index >= 15 is 0 Å². The van der Waals surface area contributed by atoms with Gasteiger partial charge in [-0.1, -0.05) is 0 Å². The Bertz CT molecular complexity index is 718. The van der Waals surface area contributed by atoms with Gasteiger partial charge in [0.15, 0.2) is 0 Å². The van der Waals surface area contributed by atoms with E-state index in [4.69, 9.17) is 5.26 Å². The third-order valence-corrected chi connectivity index (χ3v) is 2.53. The molecule has 0 fully saturated rings. The van der Waals surface area contributed by atoms with Crippen molar-refractivity contribution in [3.8, 4) is 6.07 Å². The second-order valence-electron chi connectivity index (χ2n) is 3.82. The fourth-order valence-electron chi connectivity index (χ4n) is 1.54. The van der Waals surface area contributed by atoms with Crippen molar-refractivity contribution in [3.05, 3.63) is 41.6 Å². The minimum Gasteiger partial charge on any atom is -0.360 e. The normalized spacial score (nSPS) is 10.8. The molecule has 1 amide bonds. The first-order chi connectivity index (χ1) is 10.2. The van der Waals surface area contributed by atoms with E-state index in [9.17, 15) is 9.18 Å². The summed E-state index contributed by atoms with van der Waals surface area (Å²) in [6.07, 6.45) is 1.31. The van der Waals surface area contributed by atoms with Crippen LogP contribution in [0.3, 0.4) is 0 Å². The lowest BCUT2D eigenvalue weighted by Crippen LogP contribution is -2.19. The number of nitrogens with zero attached hydrogens (tertiary/aromatic N) is 4. The lowest BCUT2D eigenvalue weighted by atomic mass is 10.1. The standard InChI is InChI=1S/C12H10FN7O/c1-15-12(21)9-4-8(13)2-3-10(9)16-6-7(5-14)11-17-19-20-18-11/h2-4,6,16H,1H3,(H,15,21)(H,17,18,19,20). The van der Waals surface area contributed by atoms with Gasteiger partial charge in [-0.15, -0.1) is 10.2 Å². The van der Waals surface area contributed by atoms with Crippen molar-refractivity contribution in [1.29, 1.82) is 5.26 Å². The Morgan fingerprint density at radius 1 is 1.52 bits per heavy atom. The molecule has 3 N–H and O–H groups in total. The first-order valence-corrected chi connectivity index (χ1v) is 5.78. The number of carbonyl (C=O) groups excluding carboxylic acids is 1. The second kappa shape index (κ2) is 6.25. The number of halogens is 1. The van der Waals surface area contributed by atoms with Crippen molar-refractivity contribution in [3.63, 3.8) is 0 Å². The van der Waals surface area contributed by atoms with Crippen LogP contribution in [-0.2, 0) is 0 Å². The maximum absolute atomic E-state index is 13.2. The molecule has 0 atom stereocenters. The van der Waals surface area contributed by atoms with E-state index < -0.39 is 11.7 Å². The lowest BCUT2D eigenvalue weighted by molar-refractivity contribution is 0.0963. The zero-order valence-corrected chi connectivity index (χ0v) is 10.9. The molecule has 0 spiro atoms. The number of hydrogen-bond donors (Lipinski definition) is 3. The molecule has 0 unspecified atom stereocenters. The first-order valence-electron chi connectivity index (χ1n) is 5.78. The Morgan fingerprint density at radius 3 is 2.95 bits per heavy atom. The molecule has 2 rings (SSSR count). The van der Waals surface area contributed by atoms with Crippen LogP contribution in [0, 0.1) is 17.1 Å². The van der Waals surface area contributed by atoms with Crippen molar-refractivity contribution < 1.29 is 9.18 Å². The predicted molar refractivity (Wildman–Crippen MR) is 71.2 cm³/mol. The van der Waals surface area contributed by atoms with Crippen LogP contribution in [0.5, 0.6) is 0 Å². The highest BCUT2D eigenvalue weighted by molar-refractivity contribution is 5.99. The van der Waals surface area contributed by atoms with Crippen LogP contribution in [0.15, 0.2) is 24.4 Å². The van der Waals surface area contributed by atoms with E-state index in [-0.39, 0.29) is 17.0 Å². The summed E-state index contributed by atoms with van der Waals surface area (Å²) in [6, 6.07) is 5.57. The van der Waals surface area contributed by atoms with Gasteiger partial charge in [0, 0.05) is 13.2 Å². The summed E-state index contributed by atoms with van der Waals surface area (Å²) in [6.45, 7) is 0. The Balaban J connectivity index is 2.32. The third kappa shape index (κ3) is 3.19. The molecule has 1 heterocycles. The maximum Gasteiger partial charge on any atom is 0.253 e. The smallest absolute Gasteiger partial charge is 0.253 e. The Morgan fingerprint density at radius 2 is 2.33 bits per heavy atom. The number of aromatic amines is 1. The number of aromatic nitrogens is 4. The number of amides is 1. The summed E-state index contributed by atoms with van der Waals surface area (Å²) in [7, 11) is 1.44. The number of benzene rings is 1. The summed E-state index contributed by atoms with van der Waals surface area (Å²) < 4.78 is 13.2. The highest BCUT2D eigenvalue weighted by Gasteiger charge is 2.11. The third-order valence-electron chi connectivity index (χ3n) is 2.53. The highest BCUT2D eigenvalue weighted by Crippen LogP contribution is 2.18. The first kappa shape index (κ1) is 14.1. The van der Waals surface area contributed by atoms with Crippen LogP contribution in [-0.4, -0.2) is 33.6 Å². The Hall–Kier alpha value is -3.28. The average molecular weight is 287 g/mol. The van der Waals surface area contributed by atoms with Crippen molar-refractivity contribution in [2.45, 2.75) is 0 Å². The Labute approximate surface area is 118 Å². The summed E-state index contributed by atoms with van der Waals surface area (Å²) in [5.74, 6) is -0.890. The van der Waals surface area contributed by atoms with E-state index in [0.717, 1.165) is 6.07 Å². The van der Waals surface area contributed by atoms with Gasteiger partial charge in [-0.25, -0.2) is 4.39 Å². The minimum absolute atomic E-state index is 0.105. The number of hydrogen-bond acceptors (Lipinski definition) is 6. The number of rotatable bonds is 4. The molecule has 106 valence electrons. The molecule has 9 heteroatoms. The van der Waals surface area contributed by atoms with Gasteiger partial charge < -0.3 is 10.6 Å². The SMILES string of the molecule is CNC(=O)c1cc(F)ccc1NC=C(C#N)c1nn[nH]n1. The van der Waals surface area contributed by atoms with Gasteiger partial charge in [-0.3, -0.25) is 4.79 Å². The van der Waals surface area contributed by atoms with Gasteiger partial charge in [0.1, 0.15) is 17.5 Å². The molecule has 0 bridgehead atoms. The van der Waals surface area contributed by atoms with Gasteiger partial charge >= 0.3 is 0 Å². The van der Waals surface area contributed by atoms with E-state index in [2.05, 4.69) is 31.3 Å². The number of allylic oxidation sites excluding steroid dienone is 1. The second-order valence-corrected chi connectivity index (χ2v) is 3.82. The van der Waals surface area contributed by atoms with Crippen LogP contribution in [0.1, 0.15) is 16.2 Å². The Kier molecular flexibility index (Phi) is 4.20. The molecule has 0 aliphatic rings. The lowest BCUT2D eigenvalue weighted by Gasteiger charge is -2.08. The maximum atomic E-state index is 13.2. The fraction of sp³-hybridized carbons (Fsp3) is 0.0833. The molecule has 0 saturated carbocycles. The van der Waals surface area contributed by atoms with E-state index in [1.165, 1.54) is 25.4 Å². The van der Waals surface area contributed by atoms with Crippen LogP contribution in [0.2, 0.25) is 0 Å². The molecule has 1 aromatic carbocycles. The fourth-order valence-corrected chi connectivity index (χ4v) is 1.54. The summed E-state index contributed by atoms with van der Waals surface area (Å²) in [5, 5.41) is 27.1. The van der Waals surface area contributed by atoms with Crippen molar-refractivity contribution >= 4 is 17.2 Å². The molecule has 21 heavy (non-hydrogen) atoms. The quantitative estimate of drug-likeness (QED) is 0.711. The topological polar surface area (TPSA) is 119 Å². The zero-order valence-electron chi connectivity index (χ0n) is 10.9. The molecule has 0 radical (unpaired) electrons. The number of anilines is 1. The summed E-state index contributed by atoms with van der Waals surface area (Å²) >= 11 is 0. The van der Waals surface area contributed by atoms with E-state index in [1.807, 2.05) is 6.07 Å². The zero-order chi connectivity index (χ0) is 15.2. The van der Waals surface area contributed by atoms with Crippen molar-refractivity contribution in [2.24, 2.45) is 0 Å². The van der Waals surface area contributed by atoms with Crippen molar-refractivity contribution in [2.75, 3.05) is 12.4 Å². The average Bonchev–Trinajstić information content (AvgIpc) is 3.02.